The van der Waals surface area contributed by atoms with E-state index in [1.165, 1.54) is 19.3 Å². The Labute approximate surface area is 109 Å². The molecular formula is C14H23N3O. The molecule has 1 saturated heterocycles. The molecule has 1 atom stereocenters. The number of aromatic nitrogens is 2. The van der Waals surface area contributed by atoms with Crippen LogP contribution in [0.4, 0.5) is 5.82 Å². The van der Waals surface area contributed by atoms with Crippen LogP contribution in [0.25, 0.3) is 0 Å². The average Bonchev–Trinajstić information content (AvgIpc) is 2.41. The van der Waals surface area contributed by atoms with Crippen molar-refractivity contribution in [2.45, 2.75) is 51.6 Å². The molecular weight excluding hydrogens is 226 g/mol. The van der Waals surface area contributed by atoms with Crippen molar-refractivity contribution in [3.8, 4) is 0 Å². The van der Waals surface area contributed by atoms with Crippen molar-refractivity contribution in [1.29, 1.82) is 0 Å². The third-order valence-electron chi connectivity index (χ3n) is 3.28. The van der Waals surface area contributed by atoms with E-state index < -0.39 is 0 Å². The smallest absolute Gasteiger partial charge is 0.129 e. The second-order valence-electron chi connectivity index (χ2n) is 4.85. The molecule has 1 unspecified atom stereocenters. The summed E-state index contributed by atoms with van der Waals surface area (Å²) in [5.41, 5.74) is 1.11. The number of ether oxygens (including phenoxy) is 1. The standard InChI is InChI=1S/C14H23N3O/c1-2-5-12-10-14(17-11-16-12)15-8-7-13-6-3-4-9-18-13/h10-11,13H,2-9H2,1H3,(H,15,16,17). The van der Waals surface area contributed by atoms with Gasteiger partial charge in [-0.05, 0) is 32.1 Å². The Hall–Kier alpha value is -1.16. The molecule has 4 nitrogen and oxygen atoms in total. The fraction of sp³-hybridized carbons (Fsp3) is 0.714. The third kappa shape index (κ3) is 4.26. The Morgan fingerprint density at radius 1 is 1.39 bits per heavy atom. The summed E-state index contributed by atoms with van der Waals surface area (Å²) >= 11 is 0. The molecule has 18 heavy (non-hydrogen) atoms. The van der Waals surface area contributed by atoms with Crippen LogP contribution >= 0.6 is 0 Å². The number of hydrogen-bond donors (Lipinski definition) is 1. The lowest BCUT2D eigenvalue weighted by molar-refractivity contribution is 0.0134. The molecule has 1 aromatic rings. The van der Waals surface area contributed by atoms with Gasteiger partial charge >= 0.3 is 0 Å². The predicted molar refractivity (Wildman–Crippen MR) is 72.7 cm³/mol. The number of nitrogens with zero attached hydrogens (tertiary/aromatic N) is 2. The van der Waals surface area contributed by atoms with Crippen LogP contribution in [0.5, 0.6) is 0 Å². The van der Waals surface area contributed by atoms with E-state index in [-0.39, 0.29) is 0 Å². The van der Waals surface area contributed by atoms with Crippen molar-refractivity contribution in [3.05, 3.63) is 18.1 Å². The van der Waals surface area contributed by atoms with Gasteiger partial charge in [0.25, 0.3) is 0 Å². The van der Waals surface area contributed by atoms with Crippen LogP contribution in [0.3, 0.4) is 0 Å². The summed E-state index contributed by atoms with van der Waals surface area (Å²) < 4.78 is 5.71. The maximum absolute atomic E-state index is 5.71. The topological polar surface area (TPSA) is 47.0 Å². The normalized spacial score (nSPS) is 19.7. The first-order valence-corrected chi connectivity index (χ1v) is 7.05. The highest BCUT2D eigenvalue weighted by atomic mass is 16.5. The quantitative estimate of drug-likeness (QED) is 0.842. The van der Waals surface area contributed by atoms with E-state index in [0.717, 1.165) is 43.9 Å². The summed E-state index contributed by atoms with van der Waals surface area (Å²) in [6.45, 7) is 4.02. The highest BCUT2D eigenvalue weighted by Crippen LogP contribution is 2.15. The summed E-state index contributed by atoms with van der Waals surface area (Å²) in [6, 6.07) is 2.05. The molecule has 1 N–H and O–H groups in total. The Morgan fingerprint density at radius 3 is 3.11 bits per heavy atom. The van der Waals surface area contributed by atoms with E-state index in [9.17, 15) is 0 Å². The van der Waals surface area contributed by atoms with Gasteiger partial charge in [0.1, 0.15) is 12.1 Å². The highest BCUT2D eigenvalue weighted by molar-refractivity contribution is 5.34. The van der Waals surface area contributed by atoms with E-state index in [4.69, 9.17) is 4.74 Å². The van der Waals surface area contributed by atoms with Gasteiger partial charge in [-0.3, -0.25) is 0 Å². The Bertz CT molecular complexity index is 351. The van der Waals surface area contributed by atoms with Crippen molar-refractivity contribution in [1.82, 2.24) is 9.97 Å². The Balaban J connectivity index is 1.73. The molecule has 1 aliphatic heterocycles. The van der Waals surface area contributed by atoms with Gasteiger partial charge in [0.15, 0.2) is 0 Å². The zero-order chi connectivity index (χ0) is 12.6. The lowest BCUT2D eigenvalue weighted by Gasteiger charge is -2.22. The van der Waals surface area contributed by atoms with Crippen molar-refractivity contribution >= 4 is 5.82 Å². The van der Waals surface area contributed by atoms with Gasteiger partial charge in [0.05, 0.1) is 6.10 Å². The lowest BCUT2D eigenvalue weighted by atomic mass is 10.1. The number of nitrogens with one attached hydrogen (secondary N) is 1. The van der Waals surface area contributed by atoms with Crippen LogP contribution in [0.1, 0.15) is 44.7 Å². The van der Waals surface area contributed by atoms with Crippen LogP contribution in [0.2, 0.25) is 0 Å². The van der Waals surface area contributed by atoms with Gasteiger partial charge in [-0.15, -0.1) is 0 Å². The van der Waals surface area contributed by atoms with Crippen LogP contribution in [0.15, 0.2) is 12.4 Å². The minimum Gasteiger partial charge on any atom is -0.378 e. The first-order chi connectivity index (χ1) is 8.88. The summed E-state index contributed by atoms with van der Waals surface area (Å²) in [4.78, 5) is 8.49. The van der Waals surface area contributed by atoms with Crippen molar-refractivity contribution in [2.24, 2.45) is 0 Å². The molecule has 1 aliphatic rings. The van der Waals surface area contributed by atoms with Crippen LogP contribution in [-0.4, -0.2) is 29.2 Å². The number of rotatable bonds is 6. The fourth-order valence-corrected chi connectivity index (χ4v) is 2.28. The molecule has 0 bridgehead atoms. The monoisotopic (exact) mass is 249 g/mol. The molecule has 0 spiro atoms. The van der Waals surface area contributed by atoms with Crippen molar-refractivity contribution in [2.75, 3.05) is 18.5 Å². The number of hydrogen-bond acceptors (Lipinski definition) is 4. The summed E-state index contributed by atoms with van der Waals surface area (Å²) in [5, 5.41) is 3.36. The Kier molecular flexibility index (Phi) is 5.39. The molecule has 1 fully saturated rings. The highest BCUT2D eigenvalue weighted by Gasteiger charge is 2.12. The fourth-order valence-electron chi connectivity index (χ4n) is 2.28. The average molecular weight is 249 g/mol. The van der Waals surface area contributed by atoms with E-state index in [1.54, 1.807) is 6.33 Å². The second kappa shape index (κ2) is 7.31. The maximum Gasteiger partial charge on any atom is 0.129 e. The van der Waals surface area contributed by atoms with Crippen molar-refractivity contribution in [3.63, 3.8) is 0 Å². The van der Waals surface area contributed by atoms with Crippen molar-refractivity contribution < 1.29 is 4.74 Å². The van der Waals surface area contributed by atoms with Gasteiger partial charge in [-0.1, -0.05) is 13.3 Å². The van der Waals surface area contributed by atoms with Crippen LogP contribution in [0, 0.1) is 0 Å². The van der Waals surface area contributed by atoms with Crippen LogP contribution in [-0.2, 0) is 11.2 Å². The van der Waals surface area contributed by atoms with Gasteiger partial charge in [0.2, 0.25) is 0 Å². The lowest BCUT2D eigenvalue weighted by Crippen LogP contribution is -2.22. The predicted octanol–water partition coefficient (Wildman–Crippen LogP) is 2.80. The van der Waals surface area contributed by atoms with E-state index in [1.807, 2.05) is 6.07 Å². The molecule has 4 heteroatoms. The summed E-state index contributed by atoms with van der Waals surface area (Å²) in [7, 11) is 0. The largest absolute Gasteiger partial charge is 0.378 e. The molecule has 100 valence electrons. The summed E-state index contributed by atoms with van der Waals surface area (Å²) in [5.74, 6) is 0.934. The zero-order valence-electron chi connectivity index (χ0n) is 11.2. The van der Waals surface area contributed by atoms with Gasteiger partial charge in [-0.2, -0.15) is 0 Å². The second-order valence-corrected chi connectivity index (χ2v) is 4.85. The minimum absolute atomic E-state index is 0.434. The molecule has 0 amide bonds. The van der Waals surface area contributed by atoms with E-state index in [0.29, 0.717) is 6.10 Å². The first-order valence-electron chi connectivity index (χ1n) is 7.05. The number of aryl methyl sites for hydroxylation is 1. The molecule has 1 aromatic heterocycles. The number of anilines is 1. The molecule has 2 heterocycles. The third-order valence-corrected chi connectivity index (χ3v) is 3.28. The maximum atomic E-state index is 5.71. The minimum atomic E-state index is 0.434. The van der Waals surface area contributed by atoms with E-state index in [2.05, 4.69) is 22.2 Å². The Morgan fingerprint density at radius 2 is 2.33 bits per heavy atom. The van der Waals surface area contributed by atoms with Gasteiger partial charge in [-0.25, -0.2) is 9.97 Å². The molecule has 0 saturated carbocycles. The summed E-state index contributed by atoms with van der Waals surface area (Å²) in [6.07, 6.45) is 9.00. The molecule has 0 aromatic carbocycles. The molecule has 0 aliphatic carbocycles. The molecule has 2 rings (SSSR count). The zero-order valence-corrected chi connectivity index (χ0v) is 11.2. The van der Waals surface area contributed by atoms with Gasteiger partial charge in [0, 0.05) is 24.9 Å². The SMILES string of the molecule is CCCc1cc(NCCC2CCCCO2)ncn1. The molecule has 0 radical (unpaired) electrons. The van der Waals surface area contributed by atoms with Crippen LogP contribution < -0.4 is 5.32 Å². The first kappa shape index (κ1) is 13.3. The van der Waals surface area contributed by atoms with E-state index >= 15 is 0 Å². The van der Waals surface area contributed by atoms with Gasteiger partial charge < -0.3 is 10.1 Å².